The third-order valence-corrected chi connectivity index (χ3v) is 4.38. The van der Waals surface area contributed by atoms with E-state index < -0.39 is 22.6 Å². The van der Waals surface area contributed by atoms with E-state index in [1.165, 1.54) is 36.4 Å². The van der Waals surface area contributed by atoms with Crippen molar-refractivity contribution in [1.29, 1.82) is 0 Å². The van der Waals surface area contributed by atoms with Gasteiger partial charge in [-0.05, 0) is 17.7 Å². The molecule has 7 nitrogen and oxygen atoms in total. The van der Waals surface area contributed by atoms with Crippen LogP contribution in [-0.4, -0.2) is 28.1 Å². The molecule has 0 amide bonds. The monoisotopic (exact) mass is 372 g/mol. The first-order chi connectivity index (χ1) is 12.4. The molecule has 1 aliphatic carbocycles. The van der Waals surface area contributed by atoms with Gasteiger partial charge in [0, 0.05) is 29.8 Å². The number of halogens is 1. The molecule has 0 saturated heterocycles. The zero-order valence-corrected chi connectivity index (χ0v) is 14.1. The lowest BCUT2D eigenvalue weighted by atomic mass is 9.92. The number of ketones is 2. The summed E-state index contributed by atoms with van der Waals surface area (Å²) in [4.78, 5) is 34.9. The highest BCUT2D eigenvalue weighted by atomic mass is 35.5. The summed E-state index contributed by atoms with van der Waals surface area (Å²) in [6.07, 6.45) is -1.05. The van der Waals surface area contributed by atoms with Crippen LogP contribution < -0.4 is 5.32 Å². The number of hydrogen-bond donors (Lipinski definition) is 2. The Morgan fingerprint density at radius 3 is 2.19 bits per heavy atom. The first-order valence-corrected chi connectivity index (χ1v) is 8.02. The predicted octanol–water partition coefficient (Wildman–Crippen LogP) is 2.75. The SMILES string of the molecule is O=C1C(Cl)=C(NC[C@@H](O)c2ccc([N+](=O)[O-])cc2)C(=O)c2ccccc21. The Bertz CT molecular complexity index is 937. The smallest absolute Gasteiger partial charge is 0.269 e. The minimum absolute atomic E-state index is 0.0728. The number of carbonyl (C=O) groups is 2. The molecule has 0 saturated carbocycles. The van der Waals surface area contributed by atoms with Crippen molar-refractivity contribution in [2.24, 2.45) is 0 Å². The minimum Gasteiger partial charge on any atom is -0.387 e. The fourth-order valence-corrected chi connectivity index (χ4v) is 2.89. The number of benzene rings is 2. The van der Waals surface area contributed by atoms with Crippen LogP contribution in [0.25, 0.3) is 0 Å². The first kappa shape index (κ1) is 17.8. The van der Waals surface area contributed by atoms with Gasteiger partial charge in [0.25, 0.3) is 5.69 Å². The molecular formula is C18H13ClN2O5. The lowest BCUT2D eigenvalue weighted by Crippen LogP contribution is -2.31. The summed E-state index contributed by atoms with van der Waals surface area (Å²) in [6.45, 7) is -0.0927. The number of nitrogens with one attached hydrogen (secondary N) is 1. The number of hydrogen-bond acceptors (Lipinski definition) is 6. The van der Waals surface area contributed by atoms with Crippen LogP contribution >= 0.6 is 11.6 Å². The number of nitro groups is 1. The Labute approximate surface area is 153 Å². The van der Waals surface area contributed by atoms with Gasteiger partial charge in [0.05, 0.1) is 11.0 Å². The molecule has 1 aliphatic rings. The Morgan fingerprint density at radius 1 is 1.04 bits per heavy atom. The number of nitrogens with zero attached hydrogens (tertiary/aromatic N) is 1. The summed E-state index contributed by atoms with van der Waals surface area (Å²) in [5, 5.41) is 23.4. The van der Waals surface area contributed by atoms with E-state index in [1.807, 2.05) is 0 Å². The second-order valence-electron chi connectivity index (χ2n) is 5.64. The number of carbonyl (C=O) groups excluding carboxylic acids is 2. The molecule has 0 aromatic heterocycles. The van der Waals surface area contributed by atoms with E-state index in [9.17, 15) is 24.8 Å². The van der Waals surface area contributed by atoms with Crippen molar-refractivity contribution in [2.75, 3.05) is 6.54 Å². The summed E-state index contributed by atoms with van der Waals surface area (Å²) in [5.41, 5.74) is 0.744. The quantitative estimate of drug-likeness (QED) is 0.617. The number of Topliss-reactive ketones (excluding diaryl/α,β-unsaturated/α-hetero) is 2. The van der Waals surface area contributed by atoms with Crippen molar-refractivity contribution in [3.05, 3.63) is 86.1 Å². The number of aliphatic hydroxyl groups is 1. The van der Waals surface area contributed by atoms with Crippen LogP contribution in [0.3, 0.4) is 0 Å². The fraction of sp³-hybridized carbons (Fsp3) is 0.111. The van der Waals surface area contributed by atoms with Gasteiger partial charge in [0.1, 0.15) is 10.7 Å². The van der Waals surface area contributed by atoms with Gasteiger partial charge in [0.15, 0.2) is 0 Å². The minimum atomic E-state index is -1.05. The second-order valence-corrected chi connectivity index (χ2v) is 6.02. The van der Waals surface area contributed by atoms with Gasteiger partial charge in [-0.1, -0.05) is 35.9 Å². The van der Waals surface area contributed by atoms with E-state index in [4.69, 9.17) is 11.6 Å². The molecule has 2 N–H and O–H groups in total. The highest BCUT2D eigenvalue weighted by Gasteiger charge is 2.31. The van der Waals surface area contributed by atoms with Crippen molar-refractivity contribution in [3.8, 4) is 0 Å². The van der Waals surface area contributed by atoms with Gasteiger partial charge in [-0.3, -0.25) is 19.7 Å². The summed E-state index contributed by atoms with van der Waals surface area (Å²) in [7, 11) is 0. The molecule has 3 rings (SSSR count). The first-order valence-electron chi connectivity index (χ1n) is 7.64. The predicted molar refractivity (Wildman–Crippen MR) is 94.0 cm³/mol. The van der Waals surface area contributed by atoms with E-state index in [2.05, 4.69) is 5.32 Å². The molecule has 0 fully saturated rings. The normalized spacial score (nSPS) is 14.8. The Balaban J connectivity index is 1.76. The average molecular weight is 373 g/mol. The van der Waals surface area contributed by atoms with Gasteiger partial charge in [-0.2, -0.15) is 0 Å². The highest BCUT2D eigenvalue weighted by molar-refractivity contribution is 6.49. The molecule has 26 heavy (non-hydrogen) atoms. The zero-order valence-electron chi connectivity index (χ0n) is 13.3. The largest absolute Gasteiger partial charge is 0.387 e. The van der Waals surface area contributed by atoms with Crippen LogP contribution in [0, 0.1) is 10.1 Å². The van der Waals surface area contributed by atoms with E-state index in [0.717, 1.165) is 0 Å². The van der Waals surface area contributed by atoms with Crippen molar-refractivity contribution in [1.82, 2.24) is 5.32 Å². The number of non-ortho nitro benzene ring substituents is 1. The summed E-state index contributed by atoms with van der Waals surface area (Å²) < 4.78 is 0. The van der Waals surface area contributed by atoms with E-state index in [0.29, 0.717) is 5.56 Å². The Kier molecular flexibility index (Phi) is 4.83. The molecular weight excluding hydrogens is 360 g/mol. The van der Waals surface area contributed by atoms with Crippen LogP contribution in [0.1, 0.15) is 32.4 Å². The van der Waals surface area contributed by atoms with Crippen molar-refractivity contribution in [3.63, 3.8) is 0 Å². The summed E-state index contributed by atoms with van der Waals surface area (Å²) in [6, 6.07) is 11.7. The number of nitro benzene ring substituents is 1. The van der Waals surface area contributed by atoms with Gasteiger partial charge in [0.2, 0.25) is 11.6 Å². The van der Waals surface area contributed by atoms with Crippen LogP contribution in [0.5, 0.6) is 0 Å². The van der Waals surface area contributed by atoms with Crippen LogP contribution in [0.15, 0.2) is 59.3 Å². The summed E-state index contributed by atoms with van der Waals surface area (Å²) in [5.74, 6) is -0.893. The van der Waals surface area contributed by atoms with Gasteiger partial charge >= 0.3 is 0 Å². The molecule has 0 aliphatic heterocycles. The number of rotatable bonds is 5. The zero-order chi connectivity index (χ0) is 18.8. The van der Waals surface area contributed by atoms with Gasteiger partial charge in [-0.15, -0.1) is 0 Å². The second kappa shape index (κ2) is 7.07. The van der Waals surface area contributed by atoms with Gasteiger partial charge < -0.3 is 10.4 Å². The lowest BCUT2D eigenvalue weighted by molar-refractivity contribution is -0.384. The van der Waals surface area contributed by atoms with E-state index >= 15 is 0 Å². The van der Waals surface area contributed by atoms with Crippen LogP contribution in [0.4, 0.5) is 5.69 Å². The van der Waals surface area contributed by atoms with E-state index in [-0.39, 0.29) is 34.1 Å². The van der Waals surface area contributed by atoms with Gasteiger partial charge in [-0.25, -0.2) is 0 Å². The van der Waals surface area contributed by atoms with Crippen LogP contribution in [0.2, 0.25) is 0 Å². The third-order valence-electron chi connectivity index (χ3n) is 4.02. The average Bonchev–Trinajstić information content (AvgIpc) is 2.66. The standard InChI is InChI=1S/C18H13ClN2O5/c19-15-16(18(24)13-4-2-1-3-12(13)17(15)23)20-9-14(22)10-5-7-11(8-6-10)21(25)26/h1-8,14,20,22H,9H2/t14-/m1/s1. The van der Waals surface area contributed by atoms with Crippen molar-refractivity contribution >= 4 is 28.9 Å². The maximum Gasteiger partial charge on any atom is 0.269 e. The Hall–Kier alpha value is -3.03. The number of aliphatic hydroxyl groups excluding tert-OH is 1. The topological polar surface area (TPSA) is 110 Å². The number of fused-ring (bicyclic) bond motifs is 1. The maximum absolute atomic E-state index is 12.5. The van der Waals surface area contributed by atoms with E-state index in [1.54, 1.807) is 12.1 Å². The van der Waals surface area contributed by atoms with Crippen LogP contribution in [-0.2, 0) is 0 Å². The molecule has 2 aromatic carbocycles. The summed E-state index contributed by atoms with van der Waals surface area (Å²) >= 11 is 6.03. The molecule has 8 heteroatoms. The maximum atomic E-state index is 12.5. The number of allylic oxidation sites excluding steroid dienone is 2. The molecule has 0 radical (unpaired) electrons. The highest BCUT2D eigenvalue weighted by Crippen LogP contribution is 2.27. The molecule has 0 unspecified atom stereocenters. The van der Waals surface area contributed by atoms with Crippen molar-refractivity contribution in [2.45, 2.75) is 6.10 Å². The van der Waals surface area contributed by atoms with Crippen molar-refractivity contribution < 1.29 is 19.6 Å². The lowest BCUT2D eigenvalue weighted by Gasteiger charge is -2.20. The molecule has 1 atom stereocenters. The molecule has 132 valence electrons. The fourth-order valence-electron chi connectivity index (χ4n) is 2.64. The third kappa shape index (κ3) is 3.22. The molecule has 0 spiro atoms. The Morgan fingerprint density at radius 2 is 1.62 bits per heavy atom. The molecule has 2 aromatic rings. The molecule has 0 heterocycles. The molecule has 0 bridgehead atoms.